The summed E-state index contributed by atoms with van der Waals surface area (Å²) in [5, 5.41) is 0.789. The standard InChI is InChI=1S/C14H10FN3/c15-11-7-3-1-5-9(11)13-10-6-2-4-8-12(10)17-14(16)18-13/h1-8H,(H2,16,17,18). The van der Waals surface area contributed by atoms with Gasteiger partial charge >= 0.3 is 0 Å². The van der Waals surface area contributed by atoms with E-state index in [-0.39, 0.29) is 11.8 Å². The van der Waals surface area contributed by atoms with Gasteiger partial charge in [0.25, 0.3) is 0 Å². The first-order valence-electron chi connectivity index (χ1n) is 5.53. The zero-order valence-corrected chi connectivity index (χ0v) is 9.47. The van der Waals surface area contributed by atoms with Crippen molar-refractivity contribution in [3.05, 3.63) is 54.3 Å². The summed E-state index contributed by atoms with van der Waals surface area (Å²) < 4.78 is 13.8. The van der Waals surface area contributed by atoms with Crippen LogP contribution in [0.15, 0.2) is 48.5 Å². The number of halogens is 1. The van der Waals surface area contributed by atoms with E-state index in [9.17, 15) is 4.39 Å². The summed E-state index contributed by atoms with van der Waals surface area (Å²) in [7, 11) is 0. The summed E-state index contributed by atoms with van der Waals surface area (Å²) >= 11 is 0. The fourth-order valence-corrected chi connectivity index (χ4v) is 1.95. The van der Waals surface area contributed by atoms with Crippen LogP contribution in [0, 0.1) is 5.82 Å². The summed E-state index contributed by atoms with van der Waals surface area (Å²) in [5.74, 6) is -0.173. The molecule has 1 aromatic heterocycles. The van der Waals surface area contributed by atoms with Gasteiger partial charge in [-0.1, -0.05) is 30.3 Å². The van der Waals surface area contributed by atoms with Crippen LogP contribution in [-0.2, 0) is 0 Å². The molecule has 0 spiro atoms. The highest BCUT2D eigenvalue weighted by atomic mass is 19.1. The average molecular weight is 239 g/mol. The smallest absolute Gasteiger partial charge is 0.221 e. The van der Waals surface area contributed by atoms with Crippen LogP contribution in [0.5, 0.6) is 0 Å². The van der Waals surface area contributed by atoms with Gasteiger partial charge in [-0.3, -0.25) is 0 Å². The lowest BCUT2D eigenvalue weighted by Gasteiger charge is -2.07. The van der Waals surface area contributed by atoms with Crippen molar-refractivity contribution < 1.29 is 4.39 Å². The fraction of sp³-hybridized carbons (Fsp3) is 0. The SMILES string of the molecule is Nc1nc(-c2ccccc2F)c2ccccc2n1. The largest absolute Gasteiger partial charge is 0.368 e. The van der Waals surface area contributed by atoms with Crippen LogP contribution < -0.4 is 5.73 Å². The van der Waals surface area contributed by atoms with Crippen LogP contribution >= 0.6 is 0 Å². The maximum absolute atomic E-state index is 13.8. The van der Waals surface area contributed by atoms with E-state index in [1.807, 2.05) is 24.3 Å². The molecular weight excluding hydrogens is 229 g/mol. The molecule has 0 atom stereocenters. The number of nitrogens with zero attached hydrogens (tertiary/aromatic N) is 2. The zero-order valence-electron chi connectivity index (χ0n) is 9.47. The minimum atomic E-state index is -0.319. The topological polar surface area (TPSA) is 51.8 Å². The highest BCUT2D eigenvalue weighted by Crippen LogP contribution is 2.28. The third kappa shape index (κ3) is 1.68. The number of nitrogen functional groups attached to an aromatic ring is 1. The minimum Gasteiger partial charge on any atom is -0.368 e. The first kappa shape index (κ1) is 10.7. The van der Waals surface area contributed by atoms with Gasteiger partial charge < -0.3 is 5.73 Å². The van der Waals surface area contributed by atoms with Crippen molar-refractivity contribution in [2.45, 2.75) is 0 Å². The van der Waals surface area contributed by atoms with Gasteiger partial charge in [0.05, 0.1) is 11.2 Å². The highest BCUT2D eigenvalue weighted by molar-refractivity contribution is 5.93. The molecule has 0 aliphatic heterocycles. The molecule has 0 saturated heterocycles. The van der Waals surface area contributed by atoms with Crippen molar-refractivity contribution in [1.82, 2.24) is 9.97 Å². The van der Waals surface area contributed by atoms with Gasteiger partial charge in [0.1, 0.15) is 5.82 Å². The van der Waals surface area contributed by atoms with Gasteiger partial charge in [-0.05, 0) is 18.2 Å². The summed E-state index contributed by atoms with van der Waals surface area (Å²) in [5.41, 5.74) is 7.34. The lowest BCUT2D eigenvalue weighted by atomic mass is 10.1. The Morgan fingerprint density at radius 2 is 1.61 bits per heavy atom. The van der Waals surface area contributed by atoms with E-state index < -0.39 is 0 Å². The van der Waals surface area contributed by atoms with Crippen LogP contribution in [0.1, 0.15) is 0 Å². The molecule has 0 bridgehead atoms. The van der Waals surface area contributed by atoms with Crippen LogP contribution in [0.2, 0.25) is 0 Å². The summed E-state index contributed by atoms with van der Waals surface area (Å²) in [6.07, 6.45) is 0. The molecular formula is C14H10FN3. The maximum atomic E-state index is 13.8. The molecule has 0 fully saturated rings. The number of benzene rings is 2. The quantitative estimate of drug-likeness (QED) is 0.710. The van der Waals surface area contributed by atoms with Crippen molar-refractivity contribution in [2.75, 3.05) is 5.73 Å². The van der Waals surface area contributed by atoms with Gasteiger partial charge in [0.2, 0.25) is 5.95 Å². The Morgan fingerprint density at radius 3 is 2.44 bits per heavy atom. The van der Waals surface area contributed by atoms with E-state index >= 15 is 0 Å². The van der Waals surface area contributed by atoms with Crippen molar-refractivity contribution >= 4 is 16.9 Å². The molecule has 3 rings (SSSR count). The fourth-order valence-electron chi connectivity index (χ4n) is 1.95. The lowest BCUT2D eigenvalue weighted by Crippen LogP contribution is -1.98. The lowest BCUT2D eigenvalue weighted by molar-refractivity contribution is 0.631. The van der Waals surface area contributed by atoms with E-state index in [1.165, 1.54) is 6.07 Å². The summed E-state index contributed by atoms with van der Waals surface area (Å²) in [4.78, 5) is 8.29. The van der Waals surface area contributed by atoms with Crippen LogP contribution in [0.4, 0.5) is 10.3 Å². The number of rotatable bonds is 1. The number of nitrogens with two attached hydrogens (primary N) is 1. The molecule has 3 nitrogen and oxygen atoms in total. The van der Waals surface area contributed by atoms with Crippen molar-refractivity contribution in [2.24, 2.45) is 0 Å². The molecule has 0 unspecified atom stereocenters. The second-order valence-corrected chi connectivity index (χ2v) is 3.93. The Bertz CT molecular complexity index is 725. The average Bonchev–Trinajstić information content (AvgIpc) is 2.38. The second-order valence-electron chi connectivity index (χ2n) is 3.93. The van der Waals surface area contributed by atoms with Gasteiger partial charge in [0, 0.05) is 10.9 Å². The Hall–Kier alpha value is -2.49. The van der Waals surface area contributed by atoms with Crippen LogP contribution in [0.25, 0.3) is 22.2 Å². The molecule has 1 heterocycles. The normalized spacial score (nSPS) is 10.7. The predicted molar refractivity (Wildman–Crippen MR) is 69.3 cm³/mol. The molecule has 18 heavy (non-hydrogen) atoms. The molecule has 0 aliphatic rings. The first-order valence-corrected chi connectivity index (χ1v) is 5.53. The maximum Gasteiger partial charge on any atom is 0.221 e. The van der Waals surface area contributed by atoms with Gasteiger partial charge in [-0.25, -0.2) is 14.4 Å². The molecule has 88 valence electrons. The highest BCUT2D eigenvalue weighted by Gasteiger charge is 2.11. The zero-order chi connectivity index (χ0) is 12.5. The van der Waals surface area contributed by atoms with E-state index in [0.29, 0.717) is 16.8 Å². The Labute approximate surface area is 103 Å². The molecule has 2 aromatic carbocycles. The number of anilines is 1. The molecule has 0 radical (unpaired) electrons. The summed E-state index contributed by atoms with van der Waals surface area (Å²) in [6, 6.07) is 13.9. The molecule has 3 aromatic rings. The first-order chi connectivity index (χ1) is 8.75. The number of aromatic nitrogens is 2. The van der Waals surface area contributed by atoms with E-state index in [2.05, 4.69) is 9.97 Å². The second kappa shape index (κ2) is 4.07. The van der Waals surface area contributed by atoms with Crippen LogP contribution in [-0.4, -0.2) is 9.97 Å². The van der Waals surface area contributed by atoms with Crippen LogP contribution in [0.3, 0.4) is 0 Å². The van der Waals surface area contributed by atoms with Crippen molar-refractivity contribution in [3.63, 3.8) is 0 Å². The van der Waals surface area contributed by atoms with Gasteiger partial charge in [0.15, 0.2) is 0 Å². The monoisotopic (exact) mass is 239 g/mol. The third-order valence-electron chi connectivity index (χ3n) is 2.75. The molecule has 0 saturated carbocycles. The van der Waals surface area contributed by atoms with Crippen molar-refractivity contribution in [1.29, 1.82) is 0 Å². The van der Waals surface area contributed by atoms with E-state index in [1.54, 1.807) is 18.2 Å². The Morgan fingerprint density at radius 1 is 0.889 bits per heavy atom. The molecule has 0 amide bonds. The number of hydrogen-bond acceptors (Lipinski definition) is 3. The Kier molecular flexibility index (Phi) is 2.41. The number of hydrogen-bond donors (Lipinski definition) is 1. The number of para-hydroxylation sites is 1. The van der Waals surface area contributed by atoms with Crippen molar-refractivity contribution in [3.8, 4) is 11.3 Å². The van der Waals surface area contributed by atoms with E-state index in [4.69, 9.17) is 5.73 Å². The molecule has 0 aliphatic carbocycles. The third-order valence-corrected chi connectivity index (χ3v) is 2.75. The van der Waals surface area contributed by atoms with E-state index in [0.717, 1.165) is 5.39 Å². The summed E-state index contributed by atoms with van der Waals surface area (Å²) in [6.45, 7) is 0. The van der Waals surface area contributed by atoms with Gasteiger partial charge in [-0.2, -0.15) is 0 Å². The predicted octanol–water partition coefficient (Wildman–Crippen LogP) is 3.02. The number of fused-ring (bicyclic) bond motifs is 1. The Balaban J connectivity index is 2.39. The minimum absolute atomic E-state index is 0.145. The molecule has 4 heteroatoms. The molecule has 2 N–H and O–H groups in total. The van der Waals surface area contributed by atoms with Gasteiger partial charge in [-0.15, -0.1) is 0 Å².